The van der Waals surface area contributed by atoms with E-state index < -0.39 is 0 Å². The molecule has 0 saturated carbocycles. The summed E-state index contributed by atoms with van der Waals surface area (Å²) in [5.41, 5.74) is -0.110. The van der Waals surface area contributed by atoms with Crippen LogP contribution in [0, 0.1) is 34.5 Å². The smallest absolute Gasteiger partial charge is 0.309 e. The molecule has 0 heterocycles. The molecule has 0 fully saturated rings. The molecule has 0 radical (unpaired) electrons. The highest BCUT2D eigenvalue weighted by atomic mass is 16.7. The minimum absolute atomic E-state index is 0.0485. The third-order valence-electron chi connectivity index (χ3n) is 1.52. The van der Waals surface area contributed by atoms with Gasteiger partial charge in [0.2, 0.25) is 5.57 Å². The van der Waals surface area contributed by atoms with Gasteiger partial charge in [0.25, 0.3) is 0 Å². The van der Waals surface area contributed by atoms with Crippen molar-refractivity contribution in [2.75, 3.05) is 13.2 Å². The van der Waals surface area contributed by atoms with Crippen molar-refractivity contribution in [3.8, 4) is 12.1 Å². The molecule has 0 aromatic heterocycles. The molecular weight excluding hydrogens is 204 g/mol. The number of rotatable bonds is 6. The van der Waals surface area contributed by atoms with E-state index in [1.54, 1.807) is 12.1 Å². The molecule has 0 unspecified atom stereocenters. The van der Waals surface area contributed by atoms with Gasteiger partial charge in [0.05, 0.1) is 13.2 Å². The van der Waals surface area contributed by atoms with Gasteiger partial charge in [-0.15, -0.1) is 0 Å². The molecule has 0 aliphatic rings. The lowest BCUT2D eigenvalue weighted by molar-refractivity contribution is 0.0140. The molecule has 0 atom stereocenters. The SMILES string of the molecule is CC(C)COC(OCC(C)C)=C(C#N)C#N. The van der Waals surface area contributed by atoms with Crippen molar-refractivity contribution in [2.24, 2.45) is 11.8 Å². The van der Waals surface area contributed by atoms with E-state index in [1.807, 2.05) is 27.7 Å². The Kier molecular flexibility index (Phi) is 6.79. The Morgan fingerprint density at radius 1 is 0.938 bits per heavy atom. The Morgan fingerprint density at radius 3 is 1.56 bits per heavy atom. The van der Waals surface area contributed by atoms with Crippen LogP contribution >= 0.6 is 0 Å². The van der Waals surface area contributed by atoms with E-state index in [4.69, 9.17) is 20.0 Å². The summed E-state index contributed by atoms with van der Waals surface area (Å²) in [6, 6.07) is 3.54. The van der Waals surface area contributed by atoms with Crippen LogP contribution in [-0.2, 0) is 9.47 Å². The van der Waals surface area contributed by atoms with Crippen molar-refractivity contribution in [2.45, 2.75) is 27.7 Å². The van der Waals surface area contributed by atoms with E-state index in [1.165, 1.54) is 0 Å². The van der Waals surface area contributed by atoms with Crippen molar-refractivity contribution in [3.63, 3.8) is 0 Å². The maximum absolute atomic E-state index is 8.74. The fraction of sp³-hybridized carbons (Fsp3) is 0.667. The standard InChI is InChI=1S/C12H18N2O2/c1-9(2)7-15-12(11(5-13)6-14)16-8-10(3)4/h9-10H,7-8H2,1-4H3. The van der Waals surface area contributed by atoms with Crippen molar-refractivity contribution in [1.29, 1.82) is 10.5 Å². The molecule has 16 heavy (non-hydrogen) atoms. The molecular formula is C12H18N2O2. The molecule has 0 saturated heterocycles. The van der Waals surface area contributed by atoms with E-state index in [9.17, 15) is 0 Å². The average Bonchev–Trinajstić information content (AvgIpc) is 2.22. The average molecular weight is 222 g/mol. The third-order valence-corrected chi connectivity index (χ3v) is 1.52. The van der Waals surface area contributed by atoms with Crippen LogP contribution in [0.1, 0.15) is 27.7 Å². The maximum atomic E-state index is 8.74. The fourth-order valence-corrected chi connectivity index (χ4v) is 0.787. The summed E-state index contributed by atoms with van der Waals surface area (Å²) in [5, 5.41) is 17.5. The first kappa shape index (κ1) is 14.3. The second-order valence-corrected chi connectivity index (χ2v) is 4.30. The molecule has 0 rings (SSSR count). The number of nitriles is 2. The zero-order chi connectivity index (χ0) is 12.6. The fourth-order valence-electron chi connectivity index (χ4n) is 0.787. The van der Waals surface area contributed by atoms with Crippen LogP contribution in [0.5, 0.6) is 0 Å². The molecule has 0 aliphatic carbocycles. The van der Waals surface area contributed by atoms with Crippen molar-refractivity contribution in [3.05, 3.63) is 11.5 Å². The van der Waals surface area contributed by atoms with E-state index in [-0.39, 0.29) is 11.5 Å². The summed E-state index contributed by atoms with van der Waals surface area (Å²) in [7, 11) is 0. The van der Waals surface area contributed by atoms with Gasteiger partial charge in [0, 0.05) is 0 Å². The lowest BCUT2D eigenvalue weighted by Gasteiger charge is -2.14. The zero-order valence-corrected chi connectivity index (χ0v) is 10.3. The molecule has 4 heteroatoms. The second kappa shape index (κ2) is 7.59. The van der Waals surface area contributed by atoms with Gasteiger partial charge in [-0.3, -0.25) is 0 Å². The number of hydrogen-bond donors (Lipinski definition) is 0. The molecule has 0 aliphatic heterocycles. The first-order chi connectivity index (χ1) is 7.51. The van der Waals surface area contributed by atoms with Gasteiger partial charge in [-0.25, -0.2) is 0 Å². The zero-order valence-electron chi connectivity index (χ0n) is 10.3. The predicted octanol–water partition coefficient (Wildman–Crippen LogP) is 2.59. The number of ether oxygens (including phenoxy) is 2. The summed E-state index contributed by atoms with van der Waals surface area (Å²) >= 11 is 0. The molecule has 0 bridgehead atoms. The Bertz CT molecular complexity index is 289. The van der Waals surface area contributed by atoms with Gasteiger partial charge < -0.3 is 9.47 Å². The van der Waals surface area contributed by atoms with E-state index >= 15 is 0 Å². The first-order valence-corrected chi connectivity index (χ1v) is 5.31. The van der Waals surface area contributed by atoms with Crippen LogP contribution in [0.15, 0.2) is 11.5 Å². The van der Waals surface area contributed by atoms with Gasteiger partial charge in [0.15, 0.2) is 0 Å². The topological polar surface area (TPSA) is 66.0 Å². The Balaban J connectivity index is 4.59. The molecule has 0 spiro atoms. The van der Waals surface area contributed by atoms with Crippen LogP contribution in [0.2, 0.25) is 0 Å². The molecule has 0 N–H and O–H groups in total. The minimum atomic E-state index is -0.110. The van der Waals surface area contributed by atoms with E-state index in [0.717, 1.165) is 0 Å². The number of allylic oxidation sites excluding steroid dienone is 1. The lowest BCUT2D eigenvalue weighted by atomic mass is 10.2. The third kappa shape index (κ3) is 5.93. The number of hydrogen-bond acceptors (Lipinski definition) is 4. The largest absolute Gasteiger partial charge is 0.464 e. The monoisotopic (exact) mass is 222 g/mol. The summed E-state index contributed by atoms with van der Waals surface area (Å²) in [6.45, 7) is 8.80. The van der Waals surface area contributed by atoms with E-state index in [2.05, 4.69) is 0 Å². The first-order valence-electron chi connectivity index (χ1n) is 5.31. The Morgan fingerprint density at radius 2 is 1.31 bits per heavy atom. The quantitative estimate of drug-likeness (QED) is 0.511. The Hall–Kier alpha value is -1.68. The van der Waals surface area contributed by atoms with Crippen molar-refractivity contribution in [1.82, 2.24) is 0 Å². The highest BCUT2D eigenvalue weighted by Crippen LogP contribution is 2.11. The number of nitrogens with zero attached hydrogens (tertiary/aromatic N) is 2. The summed E-state index contributed by atoms with van der Waals surface area (Å²) < 4.78 is 10.6. The summed E-state index contributed by atoms with van der Waals surface area (Å²) in [4.78, 5) is 0. The van der Waals surface area contributed by atoms with Gasteiger partial charge in [0.1, 0.15) is 12.1 Å². The Labute approximate surface area is 97.1 Å². The van der Waals surface area contributed by atoms with Crippen LogP contribution in [0.25, 0.3) is 0 Å². The van der Waals surface area contributed by atoms with Gasteiger partial charge in [-0.2, -0.15) is 10.5 Å². The van der Waals surface area contributed by atoms with Crippen LogP contribution < -0.4 is 0 Å². The minimum Gasteiger partial charge on any atom is -0.464 e. The highest BCUT2D eigenvalue weighted by Gasteiger charge is 2.11. The van der Waals surface area contributed by atoms with Crippen LogP contribution in [0.4, 0.5) is 0 Å². The molecule has 0 amide bonds. The van der Waals surface area contributed by atoms with E-state index in [0.29, 0.717) is 25.0 Å². The lowest BCUT2D eigenvalue weighted by Crippen LogP contribution is -2.10. The molecule has 4 nitrogen and oxygen atoms in total. The normalized spacial score (nSPS) is 9.50. The van der Waals surface area contributed by atoms with Crippen LogP contribution in [-0.4, -0.2) is 13.2 Å². The van der Waals surface area contributed by atoms with Crippen molar-refractivity contribution >= 4 is 0 Å². The van der Waals surface area contributed by atoms with Crippen molar-refractivity contribution < 1.29 is 9.47 Å². The second-order valence-electron chi connectivity index (χ2n) is 4.30. The molecule has 0 aromatic carbocycles. The molecule has 0 aromatic rings. The van der Waals surface area contributed by atoms with Gasteiger partial charge >= 0.3 is 5.95 Å². The highest BCUT2D eigenvalue weighted by molar-refractivity contribution is 5.35. The summed E-state index contributed by atoms with van der Waals surface area (Å²) in [6.07, 6.45) is 0. The maximum Gasteiger partial charge on any atom is 0.309 e. The molecule has 88 valence electrons. The van der Waals surface area contributed by atoms with Gasteiger partial charge in [-0.1, -0.05) is 27.7 Å². The van der Waals surface area contributed by atoms with Gasteiger partial charge in [-0.05, 0) is 11.8 Å². The summed E-state index contributed by atoms with van der Waals surface area (Å²) in [5.74, 6) is 0.681. The van der Waals surface area contributed by atoms with Crippen LogP contribution in [0.3, 0.4) is 0 Å². The predicted molar refractivity (Wildman–Crippen MR) is 59.8 cm³/mol.